The van der Waals surface area contributed by atoms with Crippen LogP contribution in [0.1, 0.15) is 205 Å². The number of aryl methyl sites for hydroxylation is 1. The molecule has 2 nitrogen and oxygen atoms in total. The third-order valence-corrected chi connectivity index (χ3v) is 11.5. The van der Waals surface area contributed by atoms with Crippen LogP contribution >= 0.6 is 0 Å². The molecule has 3 rings (SSSR count). The van der Waals surface area contributed by atoms with Crippen molar-refractivity contribution in [2.45, 2.75) is 212 Å². The van der Waals surface area contributed by atoms with Crippen LogP contribution in [0.25, 0.3) is 0 Å². The van der Waals surface area contributed by atoms with Gasteiger partial charge in [0.25, 0.3) is 0 Å². The van der Waals surface area contributed by atoms with E-state index >= 15 is 0 Å². The molecule has 0 fully saturated rings. The van der Waals surface area contributed by atoms with Crippen molar-refractivity contribution in [3.63, 3.8) is 0 Å². The summed E-state index contributed by atoms with van der Waals surface area (Å²) in [6, 6.07) is 23.0. The highest BCUT2D eigenvalue weighted by molar-refractivity contribution is 5.30. The molecule has 0 amide bonds. The lowest BCUT2D eigenvalue weighted by molar-refractivity contribution is -0.697. The number of rotatable bonds is 32. The van der Waals surface area contributed by atoms with Crippen LogP contribution in [0, 0.1) is 0 Å². The standard InChI is InChI=1S/C48H79N2/c1-4-6-8-10-12-14-16-18-20-22-24-26-34-40-49-41-42-50(44-49)47(39-33-25-23-21-19-17-15-13-11-9-7-5-2)48(3,46-37-31-28-32-38-46)43-45-35-29-27-30-36-45/h27-32,35-38,41-42,44,47H,4-26,33-34,39-40,43H2,1-3H3/q+1. The summed E-state index contributed by atoms with van der Waals surface area (Å²) in [5.74, 6) is 0. The predicted molar refractivity (Wildman–Crippen MR) is 219 cm³/mol. The van der Waals surface area contributed by atoms with Gasteiger partial charge in [-0.1, -0.05) is 223 Å². The van der Waals surface area contributed by atoms with Gasteiger partial charge in [-0.25, -0.2) is 9.13 Å². The van der Waals surface area contributed by atoms with E-state index < -0.39 is 0 Å². The molecule has 0 spiro atoms. The predicted octanol–water partition coefficient (Wildman–Crippen LogP) is 14.7. The van der Waals surface area contributed by atoms with E-state index in [9.17, 15) is 0 Å². The lowest BCUT2D eigenvalue weighted by Gasteiger charge is -2.37. The number of hydrogen-bond acceptors (Lipinski definition) is 0. The van der Waals surface area contributed by atoms with Gasteiger partial charge in [0.15, 0.2) is 0 Å². The number of benzene rings is 2. The highest BCUT2D eigenvalue weighted by Gasteiger charge is 2.40. The molecule has 3 aromatic rings. The zero-order valence-corrected chi connectivity index (χ0v) is 33.3. The first-order valence-electron chi connectivity index (χ1n) is 21.8. The fraction of sp³-hybridized carbons (Fsp3) is 0.688. The monoisotopic (exact) mass is 684 g/mol. The maximum Gasteiger partial charge on any atom is 0.244 e. The van der Waals surface area contributed by atoms with Gasteiger partial charge in [0, 0.05) is 5.41 Å². The fourth-order valence-corrected chi connectivity index (χ4v) is 8.27. The average molecular weight is 684 g/mol. The summed E-state index contributed by atoms with van der Waals surface area (Å²) in [5.41, 5.74) is 2.90. The molecule has 1 heterocycles. The third kappa shape index (κ3) is 17.2. The zero-order chi connectivity index (χ0) is 35.4. The normalized spacial score (nSPS) is 13.4. The Balaban J connectivity index is 1.52. The van der Waals surface area contributed by atoms with Crippen molar-refractivity contribution in [2.75, 3.05) is 0 Å². The Morgan fingerprint density at radius 1 is 0.520 bits per heavy atom. The number of nitrogens with zero attached hydrogens (tertiary/aromatic N) is 2. The first-order chi connectivity index (χ1) is 24.7. The van der Waals surface area contributed by atoms with Gasteiger partial charge in [0.1, 0.15) is 18.4 Å². The largest absolute Gasteiger partial charge is 0.244 e. The van der Waals surface area contributed by atoms with Crippen LogP contribution in [0.3, 0.4) is 0 Å². The molecule has 0 N–H and O–H groups in total. The zero-order valence-electron chi connectivity index (χ0n) is 33.3. The van der Waals surface area contributed by atoms with Gasteiger partial charge in [-0.05, 0) is 43.2 Å². The second-order valence-electron chi connectivity index (χ2n) is 16.0. The Hall–Kier alpha value is -2.35. The SMILES string of the molecule is CCCCCCCCCCCCCCC[n+]1ccn(C(CCCCCCCCCCCCCC)C(C)(Cc2ccccc2)c2ccccc2)c1. The van der Waals surface area contributed by atoms with Crippen LogP contribution in [0.2, 0.25) is 0 Å². The maximum atomic E-state index is 2.59. The van der Waals surface area contributed by atoms with Crippen molar-refractivity contribution in [1.29, 1.82) is 0 Å². The minimum absolute atomic E-state index is 0.00669. The van der Waals surface area contributed by atoms with Crippen molar-refractivity contribution in [3.05, 3.63) is 90.5 Å². The Morgan fingerprint density at radius 3 is 1.42 bits per heavy atom. The highest BCUT2D eigenvalue weighted by atomic mass is 15.1. The van der Waals surface area contributed by atoms with Crippen LogP contribution < -0.4 is 4.57 Å². The summed E-state index contributed by atoms with van der Waals surface area (Å²) < 4.78 is 5.07. The van der Waals surface area contributed by atoms with E-state index in [1.165, 1.54) is 178 Å². The topological polar surface area (TPSA) is 8.81 Å². The molecule has 50 heavy (non-hydrogen) atoms. The van der Waals surface area contributed by atoms with E-state index in [0.717, 1.165) is 13.0 Å². The lowest BCUT2D eigenvalue weighted by atomic mass is 9.70. The van der Waals surface area contributed by atoms with E-state index in [0.29, 0.717) is 6.04 Å². The van der Waals surface area contributed by atoms with Crippen LogP contribution in [-0.4, -0.2) is 4.57 Å². The van der Waals surface area contributed by atoms with Crippen LogP contribution in [0.5, 0.6) is 0 Å². The molecule has 280 valence electrons. The van der Waals surface area contributed by atoms with Gasteiger partial charge in [-0.2, -0.15) is 0 Å². The maximum absolute atomic E-state index is 2.59. The Labute approximate surface area is 310 Å². The molecule has 1 aromatic heterocycles. The van der Waals surface area contributed by atoms with E-state index in [2.05, 4.69) is 109 Å². The van der Waals surface area contributed by atoms with E-state index in [-0.39, 0.29) is 5.41 Å². The molecule has 2 unspecified atom stereocenters. The summed E-state index contributed by atoms with van der Waals surface area (Å²) in [6.07, 6.45) is 44.6. The highest BCUT2D eigenvalue weighted by Crippen LogP contribution is 2.41. The molecule has 2 heteroatoms. The summed E-state index contributed by atoms with van der Waals surface area (Å²) in [4.78, 5) is 0. The van der Waals surface area contributed by atoms with Gasteiger partial charge in [-0.3, -0.25) is 0 Å². The fourth-order valence-electron chi connectivity index (χ4n) is 8.27. The molecule has 0 saturated heterocycles. The number of hydrogen-bond donors (Lipinski definition) is 0. The minimum atomic E-state index is 0.00669. The second kappa shape index (κ2) is 27.3. The second-order valence-corrected chi connectivity index (χ2v) is 16.0. The molecular weight excluding hydrogens is 605 g/mol. The van der Waals surface area contributed by atoms with Gasteiger partial charge in [0.2, 0.25) is 6.33 Å². The molecule has 0 bridgehead atoms. The van der Waals surface area contributed by atoms with Gasteiger partial charge in [0.05, 0.1) is 6.54 Å². The third-order valence-electron chi connectivity index (χ3n) is 11.5. The molecular formula is C48H79N2+. The first-order valence-corrected chi connectivity index (χ1v) is 21.8. The van der Waals surface area contributed by atoms with E-state index in [1.54, 1.807) is 0 Å². The van der Waals surface area contributed by atoms with Crippen molar-refractivity contribution >= 4 is 0 Å². The van der Waals surface area contributed by atoms with Crippen molar-refractivity contribution < 1.29 is 4.57 Å². The summed E-state index contributed by atoms with van der Waals surface area (Å²) in [6.45, 7) is 8.29. The van der Waals surface area contributed by atoms with Gasteiger partial charge in [-0.15, -0.1) is 0 Å². The summed E-state index contributed by atoms with van der Waals surface area (Å²) in [7, 11) is 0. The Kier molecular flexibility index (Phi) is 23.0. The lowest BCUT2D eigenvalue weighted by Crippen LogP contribution is -2.38. The van der Waals surface area contributed by atoms with E-state index in [1.807, 2.05) is 0 Å². The average Bonchev–Trinajstić information content (AvgIpc) is 3.61. The Morgan fingerprint density at radius 2 is 0.940 bits per heavy atom. The van der Waals surface area contributed by atoms with Gasteiger partial charge < -0.3 is 0 Å². The summed E-state index contributed by atoms with van der Waals surface area (Å²) in [5, 5.41) is 0. The summed E-state index contributed by atoms with van der Waals surface area (Å²) >= 11 is 0. The molecule has 0 aliphatic carbocycles. The van der Waals surface area contributed by atoms with Crippen LogP contribution in [0.4, 0.5) is 0 Å². The quantitative estimate of drug-likeness (QED) is 0.0457. The minimum Gasteiger partial charge on any atom is -0.237 e. The first kappa shape index (κ1) is 42.1. The van der Waals surface area contributed by atoms with Crippen molar-refractivity contribution in [2.24, 2.45) is 0 Å². The number of aromatic nitrogens is 2. The van der Waals surface area contributed by atoms with E-state index in [4.69, 9.17) is 0 Å². The van der Waals surface area contributed by atoms with Crippen LogP contribution in [-0.2, 0) is 18.4 Å². The Bertz CT molecular complexity index is 1170. The molecule has 0 radical (unpaired) electrons. The van der Waals surface area contributed by atoms with Crippen LogP contribution in [0.15, 0.2) is 79.4 Å². The number of unbranched alkanes of at least 4 members (excludes halogenated alkanes) is 23. The van der Waals surface area contributed by atoms with Crippen molar-refractivity contribution in [1.82, 2.24) is 4.57 Å². The molecule has 0 saturated carbocycles. The smallest absolute Gasteiger partial charge is 0.237 e. The molecule has 2 aromatic carbocycles. The van der Waals surface area contributed by atoms with Gasteiger partial charge >= 0.3 is 0 Å². The van der Waals surface area contributed by atoms with Crippen molar-refractivity contribution in [3.8, 4) is 0 Å². The molecule has 2 atom stereocenters. The molecule has 0 aliphatic heterocycles. The number of imidazole rings is 1. The molecule has 0 aliphatic rings.